The summed E-state index contributed by atoms with van der Waals surface area (Å²) >= 11 is 0. The predicted molar refractivity (Wildman–Crippen MR) is 101 cm³/mol. The lowest BCUT2D eigenvalue weighted by molar-refractivity contribution is -0.130. The zero-order valence-electron chi connectivity index (χ0n) is 15.3. The lowest BCUT2D eigenvalue weighted by atomic mass is 10.2. The van der Waals surface area contributed by atoms with Crippen molar-refractivity contribution in [1.82, 2.24) is 15.5 Å². The van der Waals surface area contributed by atoms with Crippen LogP contribution in [0.5, 0.6) is 0 Å². The van der Waals surface area contributed by atoms with Gasteiger partial charge >= 0.3 is 6.03 Å². The van der Waals surface area contributed by atoms with Gasteiger partial charge in [-0.15, -0.1) is 0 Å². The molecule has 1 aromatic carbocycles. The van der Waals surface area contributed by atoms with E-state index in [9.17, 15) is 9.59 Å². The van der Waals surface area contributed by atoms with Crippen molar-refractivity contribution in [3.8, 4) is 0 Å². The molecule has 1 saturated heterocycles. The molecular weight excluding hydrogens is 330 g/mol. The fraction of sp³-hybridized carbons (Fsp3) is 0.500. The Bertz CT molecular complexity index is 723. The molecule has 0 bridgehead atoms. The molecule has 1 aliphatic rings. The number of amides is 3. The van der Waals surface area contributed by atoms with Crippen molar-refractivity contribution in [1.29, 1.82) is 0 Å². The molecule has 2 N–H and O–H groups in total. The normalized spacial score (nSPS) is 16.3. The third kappa shape index (κ3) is 4.77. The lowest BCUT2D eigenvalue weighted by Crippen LogP contribution is -2.39. The number of nitrogens with zero attached hydrogens (tertiary/aromatic N) is 1. The van der Waals surface area contributed by atoms with E-state index in [2.05, 4.69) is 10.6 Å². The van der Waals surface area contributed by atoms with Gasteiger partial charge in [-0.25, -0.2) is 4.79 Å². The van der Waals surface area contributed by atoms with Crippen LogP contribution in [0.15, 0.2) is 34.7 Å². The number of furan rings is 1. The van der Waals surface area contributed by atoms with E-state index in [1.165, 1.54) is 0 Å². The molecule has 6 heteroatoms. The first-order valence-corrected chi connectivity index (χ1v) is 9.44. The maximum Gasteiger partial charge on any atom is 0.315 e. The molecule has 2 heterocycles. The van der Waals surface area contributed by atoms with Crippen molar-refractivity contribution in [3.05, 3.63) is 36.1 Å². The van der Waals surface area contributed by atoms with Crippen LogP contribution in [0.2, 0.25) is 0 Å². The number of rotatable bonds is 6. The van der Waals surface area contributed by atoms with Crippen molar-refractivity contribution in [2.45, 2.75) is 45.1 Å². The lowest BCUT2D eigenvalue weighted by Gasteiger charge is -2.20. The molecule has 1 aliphatic heterocycles. The summed E-state index contributed by atoms with van der Waals surface area (Å²) in [6, 6.07) is 9.30. The maximum absolute atomic E-state index is 12.1. The van der Waals surface area contributed by atoms with Crippen molar-refractivity contribution in [2.75, 3.05) is 19.6 Å². The van der Waals surface area contributed by atoms with E-state index in [-0.39, 0.29) is 18.0 Å². The number of likely N-dealkylation sites (tertiary alicyclic amines) is 1. The Morgan fingerprint density at radius 3 is 2.96 bits per heavy atom. The molecule has 140 valence electrons. The number of fused-ring (bicyclic) bond motifs is 1. The molecular formula is C20H27N3O3. The highest BCUT2D eigenvalue weighted by Gasteiger charge is 2.16. The summed E-state index contributed by atoms with van der Waals surface area (Å²) in [6.45, 7) is 3.99. The Hall–Kier alpha value is -2.50. The van der Waals surface area contributed by atoms with Gasteiger partial charge in [0.05, 0.1) is 6.04 Å². The number of hydrogen-bond donors (Lipinski definition) is 2. The average Bonchev–Trinajstić information content (AvgIpc) is 2.97. The molecule has 26 heavy (non-hydrogen) atoms. The van der Waals surface area contributed by atoms with Crippen LogP contribution in [0.1, 0.15) is 50.8 Å². The van der Waals surface area contributed by atoms with Crippen LogP contribution in [0.4, 0.5) is 4.79 Å². The van der Waals surface area contributed by atoms with Crippen LogP contribution in [-0.2, 0) is 4.79 Å². The summed E-state index contributed by atoms with van der Waals surface area (Å²) < 4.78 is 5.77. The van der Waals surface area contributed by atoms with Crippen LogP contribution in [0, 0.1) is 0 Å². The summed E-state index contributed by atoms with van der Waals surface area (Å²) in [7, 11) is 0. The van der Waals surface area contributed by atoms with Gasteiger partial charge < -0.3 is 20.0 Å². The zero-order chi connectivity index (χ0) is 18.4. The van der Waals surface area contributed by atoms with Crippen molar-refractivity contribution < 1.29 is 14.0 Å². The molecule has 1 fully saturated rings. The van der Waals surface area contributed by atoms with Gasteiger partial charge in [0.2, 0.25) is 5.91 Å². The van der Waals surface area contributed by atoms with Gasteiger partial charge in [0.1, 0.15) is 11.3 Å². The Balaban J connectivity index is 1.40. The number of para-hydroxylation sites is 1. The highest BCUT2D eigenvalue weighted by molar-refractivity contribution is 5.78. The third-order valence-corrected chi connectivity index (χ3v) is 4.78. The van der Waals surface area contributed by atoms with Crippen molar-refractivity contribution >= 4 is 22.9 Å². The van der Waals surface area contributed by atoms with E-state index >= 15 is 0 Å². The van der Waals surface area contributed by atoms with E-state index in [1.54, 1.807) is 0 Å². The zero-order valence-corrected chi connectivity index (χ0v) is 15.3. The van der Waals surface area contributed by atoms with Crippen LogP contribution in [-0.4, -0.2) is 36.5 Å². The first-order chi connectivity index (χ1) is 12.6. The molecule has 3 amide bonds. The second kappa shape index (κ2) is 8.74. The SMILES string of the molecule is CC(NC(=O)NCCCN1CCCCCC1=O)c1cc2ccccc2o1. The number of hydrogen-bond acceptors (Lipinski definition) is 3. The minimum Gasteiger partial charge on any atom is -0.459 e. The minimum atomic E-state index is -0.222. The van der Waals surface area contributed by atoms with Gasteiger partial charge in [-0.2, -0.15) is 0 Å². The summed E-state index contributed by atoms with van der Waals surface area (Å²) in [5.74, 6) is 0.974. The minimum absolute atomic E-state index is 0.213. The molecule has 0 spiro atoms. The van der Waals surface area contributed by atoms with Gasteiger partial charge in [0.25, 0.3) is 0 Å². The summed E-state index contributed by atoms with van der Waals surface area (Å²) in [5, 5.41) is 6.77. The Labute approximate surface area is 153 Å². The van der Waals surface area contributed by atoms with Crippen LogP contribution in [0.25, 0.3) is 11.0 Å². The predicted octanol–water partition coefficient (Wildman–Crippen LogP) is 3.59. The van der Waals surface area contributed by atoms with E-state index < -0.39 is 0 Å². The van der Waals surface area contributed by atoms with E-state index in [4.69, 9.17) is 4.42 Å². The van der Waals surface area contributed by atoms with Gasteiger partial charge in [-0.1, -0.05) is 24.6 Å². The molecule has 0 radical (unpaired) electrons. The van der Waals surface area contributed by atoms with Gasteiger partial charge in [0.15, 0.2) is 0 Å². The number of benzene rings is 1. The van der Waals surface area contributed by atoms with Gasteiger partial charge in [-0.05, 0) is 38.3 Å². The topological polar surface area (TPSA) is 74.6 Å². The largest absolute Gasteiger partial charge is 0.459 e. The third-order valence-electron chi connectivity index (χ3n) is 4.78. The molecule has 6 nitrogen and oxygen atoms in total. The van der Waals surface area contributed by atoms with Crippen molar-refractivity contribution in [3.63, 3.8) is 0 Å². The quantitative estimate of drug-likeness (QED) is 0.776. The van der Waals surface area contributed by atoms with Gasteiger partial charge in [-0.3, -0.25) is 4.79 Å². The van der Waals surface area contributed by atoms with Gasteiger partial charge in [0, 0.05) is 31.4 Å². The molecule has 1 unspecified atom stereocenters. The second-order valence-electron chi connectivity index (χ2n) is 6.85. The molecule has 1 aromatic heterocycles. The number of urea groups is 1. The number of carbonyl (C=O) groups is 2. The first kappa shape index (κ1) is 18.3. The smallest absolute Gasteiger partial charge is 0.315 e. The molecule has 3 rings (SSSR count). The molecule has 1 atom stereocenters. The fourth-order valence-corrected chi connectivity index (χ4v) is 3.28. The van der Waals surface area contributed by atoms with Crippen LogP contribution < -0.4 is 10.6 Å². The van der Waals surface area contributed by atoms with E-state index in [1.807, 2.05) is 42.2 Å². The monoisotopic (exact) mass is 357 g/mol. The Morgan fingerprint density at radius 1 is 1.27 bits per heavy atom. The van der Waals surface area contributed by atoms with Crippen LogP contribution >= 0.6 is 0 Å². The summed E-state index contributed by atoms with van der Waals surface area (Å²) in [4.78, 5) is 25.9. The number of carbonyl (C=O) groups excluding carboxylic acids is 2. The average molecular weight is 357 g/mol. The Kier molecular flexibility index (Phi) is 6.15. The van der Waals surface area contributed by atoms with Crippen molar-refractivity contribution in [2.24, 2.45) is 0 Å². The highest BCUT2D eigenvalue weighted by Crippen LogP contribution is 2.23. The van der Waals surface area contributed by atoms with Crippen LogP contribution in [0.3, 0.4) is 0 Å². The molecule has 0 saturated carbocycles. The summed E-state index contributed by atoms with van der Waals surface area (Å²) in [6.07, 6.45) is 4.62. The fourth-order valence-electron chi connectivity index (χ4n) is 3.28. The standard InChI is InChI=1S/C20H27N3O3/c1-15(18-14-16-8-4-5-9-17(16)26-18)22-20(25)21-11-7-13-23-12-6-2-3-10-19(23)24/h4-5,8-9,14-15H,2-3,6-7,10-13H2,1H3,(H2,21,22,25). The second-order valence-corrected chi connectivity index (χ2v) is 6.85. The Morgan fingerprint density at radius 2 is 2.12 bits per heavy atom. The maximum atomic E-state index is 12.1. The first-order valence-electron chi connectivity index (χ1n) is 9.44. The number of nitrogens with one attached hydrogen (secondary N) is 2. The molecule has 2 aromatic rings. The molecule has 0 aliphatic carbocycles. The van der Waals surface area contributed by atoms with E-state index in [0.29, 0.717) is 19.5 Å². The van der Waals surface area contributed by atoms with E-state index in [0.717, 1.165) is 49.0 Å². The summed E-state index contributed by atoms with van der Waals surface area (Å²) in [5.41, 5.74) is 0.818. The highest BCUT2D eigenvalue weighted by atomic mass is 16.3.